The molecule has 0 aliphatic rings. The number of benzene rings is 2. The van der Waals surface area contributed by atoms with Crippen molar-refractivity contribution >= 4 is 17.3 Å². The van der Waals surface area contributed by atoms with Crippen LogP contribution in [-0.2, 0) is 4.79 Å². The molecule has 0 radical (unpaired) electrons. The number of rotatable bonds is 5. The highest BCUT2D eigenvalue weighted by atomic mass is 19.1. The zero-order valence-corrected chi connectivity index (χ0v) is 13.8. The molecule has 2 N–H and O–H groups in total. The van der Waals surface area contributed by atoms with E-state index in [-0.39, 0.29) is 17.2 Å². The van der Waals surface area contributed by atoms with Crippen LogP contribution in [0.25, 0.3) is 0 Å². The topological polar surface area (TPSA) is 64.9 Å². The summed E-state index contributed by atoms with van der Waals surface area (Å²) in [6, 6.07) is 11.9. The van der Waals surface area contributed by atoms with Gasteiger partial charge in [0.2, 0.25) is 0 Å². The average molecular weight is 341 g/mol. The summed E-state index contributed by atoms with van der Waals surface area (Å²) in [5, 5.41) is 14.3. The number of nitriles is 1. The van der Waals surface area contributed by atoms with E-state index in [0.29, 0.717) is 5.69 Å². The van der Waals surface area contributed by atoms with Crippen LogP contribution in [0, 0.1) is 23.0 Å². The molecule has 2 aromatic rings. The number of para-hydroxylation sites is 1. The molecular weight excluding hydrogens is 324 g/mol. The SMILES string of the molecule is CC(C)c1ccccc1NC(=O)/C(C#N)=C\Nc1cc(F)ccc1F. The second-order valence-electron chi connectivity index (χ2n) is 5.63. The normalized spacial score (nSPS) is 11.1. The Labute approximate surface area is 144 Å². The number of nitrogens with zero attached hydrogens (tertiary/aromatic N) is 1. The van der Waals surface area contributed by atoms with E-state index in [9.17, 15) is 13.6 Å². The second-order valence-corrected chi connectivity index (χ2v) is 5.63. The summed E-state index contributed by atoms with van der Waals surface area (Å²) >= 11 is 0. The molecule has 0 atom stereocenters. The number of hydrogen-bond acceptors (Lipinski definition) is 3. The van der Waals surface area contributed by atoms with Crippen molar-refractivity contribution in [2.75, 3.05) is 10.6 Å². The first-order valence-electron chi connectivity index (χ1n) is 7.64. The highest BCUT2D eigenvalue weighted by Crippen LogP contribution is 2.24. The minimum absolute atomic E-state index is 0.164. The predicted octanol–water partition coefficient (Wildman–Crippen LogP) is 4.55. The monoisotopic (exact) mass is 341 g/mol. The van der Waals surface area contributed by atoms with Gasteiger partial charge in [-0.25, -0.2) is 8.78 Å². The van der Waals surface area contributed by atoms with Gasteiger partial charge in [0.25, 0.3) is 5.91 Å². The van der Waals surface area contributed by atoms with Gasteiger partial charge >= 0.3 is 0 Å². The molecular formula is C19H17F2N3O. The van der Waals surface area contributed by atoms with Crippen molar-refractivity contribution in [3.8, 4) is 6.07 Å². The number of hydrogen-bond donors (Lipinski definition) is 2. The van der Waals surface area contributed by atoms with E-state index >= 15 is 0 Å². The molecule has 0 aliphatic heterocycles. The molecule has 0 unspecified atom stereocenters. The van der Waals surface area contributed by atoms with Gasteiger partial charge in [0.05, 0.1) is 5.69 Å². The number of amides is 1. The fourth-order valence-corrected chi connectivity index (χ4v) is 2.21. The van der Waals surface area contributed by atoms with Gasteiger partial charge in [-0.2, -0.15) is 5.26 Å². The van der Waals surface area contributed by atoms with E-state index in [2.05, 4.69) is 10.6 Å². The van der Waals surface area contributed by atoms with Crippen molar-refractivity contribution in [3.05, 3.63) is 71.4 Å². The molecule has 0 heterocycles. The van der Waals surface area contributed by atoms with E-state index in [1.807, 2.05) is 26.0 Å². The summed E-state index contributed by atoms with van der Waals surface area (Å²) in [5.41, 5.74) is 1.10. The molecule has 4 nitrogen and oxygen atoms in total. The van der Waals surface area contributed by atoms with Crippen molar-refractivity contribution in [1.82, 2.24) is 0 Å². The third-order valence-corrected chi connectivity index (χ3v) is 3.50. The lowest BCUT2D eigenvalue weighted by Gasteiger charge is -2.13. The van der Waals surface area contributed by atoms with Crippen molar-refractivity contribution in [1.29, 1.82) is 5.26 Å². The molecule has 0 spiro atoms. The Balaban J connectivity index is 2.19. The molecule has 0 aliphatic carbocycles. The summed E-state index contributed by atoms with van der Waals surface area (Å²) in [6.07, 6.45) is 1.05. The van der Waals surface area contributed by atoms with Crippen LogP contribution >= 0.6 is 0 Å². The summed E-state index contributed by atoms with van der Waals surface area (Å²) in [5.74, 6) is -1.78. The van der Waals surface area contributed by atoms with Crippen LogP contribution < -0.4 is 10.6 Å². The van der Waals surface area contributed by atoms with Gasteiger partial charge in [-0.3, -0.25) is 4.79 Å². The fourth-order valence-electron chi connectivity index (χ4n) is 2.21. The number of halogens is 2. The Kier molecular flexibility index (Phi) is 5.85. The van der Waals surface area contributed by atoms with Crippen LogP contribution in [-0.4, -0.2) is 5.91 Å². The fraction of sp³-hybridized carbons (Fsp3) is 0.158. The van der Waals surface area contributed by atoms with Crippen LogP contribution in [0.3, 0.4) is 0 Å². The largest absolute Gasteiger partial charge is 0.358 e. The maximum Gasteiger partial charge on any atom is 0.267 e. The van der Waals surface area contributed by atoms with Gasteiger partial charge < -0.3 is 10.6 Å². The first-order chi connectivity index (χ1) is 11.9. The second kappa shape index (κ2) is 8.06. The van der Waals surface area contributed by atoms with Crippen molar-refractivity contribution in [2.24, 2.45) is 0 Å². The smallest absolute Gasteiger partial charge is 0.267 e. The maximum atomic E-state index is 13.6. The Morgan fingerprint density at radius 1 is 1.16 bits per heavy atom. The Morgan fingerprint density at radius 2 is 1.88 bits per heavy atom. The van der Waals surface area contributed by atoms with Crippen LogP contribution in [0.15, 0.2) is 54.2 Å². The minimum atomic E-state index is -0.694. The highest BCUT2D eigenvalue weighted by molar-refractivity contribution is 6.07. The van der Waals surface area contributed by atoms with Gasteiger partial charge in [0.15, 0.2) is 0 Å². The van der Waals surface area contributed by atoms with Gasteiger partial charge in [-0.05, 0) is 29.7 Å². The Hall–Kier alpha value is -3.20. The minimum Gasteiger partial charge on any atom is -0.358 e. The summed E-state index contributed by atoms with van der Waals surface area (Å²) in [7, 11) is 0. The summed E-state index contributed by atoms with van der Waals surface area (Å²) in [6.45, 7) is 3.97. The molecule has 6 heteroatoms. The van der Waals surface area contributed by atoms with E-state index in [1.165, 1.54) is 0 Å². The number of anilines is 2. The molecule has 0 saturated carbocycles. The quantitative estimate of drug-likeness (QED) is 0.619. The van der Waals surface area contributed by atoms with Gasteiger partial charge in [-0.15, -0.1) is 0 Å². The lowest BCUT2D eigenvalue weighted by atomic mass is 10.0. The van der Waals surface area contributed by atoms with Crippen molar-refractivity contribution in [3.63, 3.8) is 0 Å². The third-order valence-electron chi connectivity index (χ3n) is 3.50. The number of carbonyl (C=O) groups excluding carboxylic acids is 1. The lowest BCUT2D eigenvalue weighted by molar-refractivity contribution is -0.112. The van der Waals surface area contributed by atoms with E-state index in [4.69, 9.17) is 5.26 Å². The Morgan fingerprint density at radius 3 is 2.56 bits per heavy atom. The van der Waals surface area contributed by atoms with Crippen molar-refractivity contribution < 1.29 is 13.6 Å². The van der Waals surface area contributed by atoms with Gasteiger partial charge in [-0.1, -0.05) is 32.0 Å². The molecule has 2 rings (SSSR count). The first-order valence-corrected chi connectivity index (χ1v) is 7.64. The first kappa shape index (κ1) is 18.1. The third kappa shape index (κ3) is 4.64. The molecule has 1 amide bonds. The van der Waals surface area contributed by atoms with Crippen LogP contribution in [0.1, 0.15) is 25.3 Å². The summed E-state index contributed by atoms with van der Waals surface area (Å²) < 4.78 is 26.7. The van der Waals surface area contributed by atoms with Gasteiger partial charge in [0, 0.05) is 18.0 Å². The standard InChI is InChI=1S/C19H17F2N3O/c1-12(2)15-5-3-4-6-17(15)24-19(25)13(10-22)11-23-18-9-14(20)7-8-16(18)21/h3-9,11-12,23H,1-2H3,(H,24,25)/b13-11-. The predicted molar refractivity (Wildman–Crippen MR) is 92.8 cm³/mol. The zero-order valence-electron chi connectivity index (χ0n) is 13.8. The molecule has 2 aromatic carbocycles. The van der Waals surface area contributed by atoms with Crippen molar-refractivity contribution in [2.45, 2.75) is 19.8 Å². The van der Waals surface area contributed by atoms with Crippen LogP contribution in [0.5, 0.6) is 0 Å². The van der Waals surface area contributed by atoms with E-state index in [1.54, 1.807) is 18.2 Å². The van der Waals surface area contributed by atoms with E-state index in [0.717, 1.165) is 30.0 Å². The molecule has 128 valence electrons. The number of nitrogens with one attached hydrogen (secondary N) is 2. The average Bonchev–Trinajstić information content (AvgIpc) is 2.58. The molecule has 0 fully saturated rings. The van der Waals surface area contributed by atoms with Crippen LogP contribution in [0.4, 0.5) is 20.2 Å². The molecule has 0 bridgehead atoms. The van der Waals surface area contributed by atoms with Gasteiger partial charge in [0.1, 0.15) is 23.3 Å². The highest BCUT2D eigenvalue weighted by Gasteiger charge is 2.13. The van der Waals surface area contributed by atoms with E-state index < -0.39 is 17.5 Å². The van der Waals surface area contributed by atoms with Crippen LogP contribution in [0.2, 0.25) is 0 Å². The maximum absolute atomic E-state index is 13.6. The molecule has 0 aromatic heterocycles. The zero-order chi connectivity index (χ0) is 18.4. The molecule has 0 saturated heterocycles. The molecule has 25 heavy (non-hydrogen) atoms. The Bertz CT molecular complexity index is 854. The number of carbonyl (C=O) groups is 1. The lowest BCUT2D eigenvalue weighted by Crippen LogP contribution is -2.16. The summed E-state index contributed by atoms with van der Waals surface area (Å²) in [4.78, 5) is 12.3.